The van der Waals surface area contributed by atoms with Crippen LogP contribution in [0.4, 0.5) is 0 Å². The van der Waals surface area contributed by atoms with Gasteiger partial charge < -0.3 is 4.90 Å². The van der Waals surface area contributed by atoms with E-state index >= 15 is 0 Å². The lowest BCUT2D eigenvalue weighted by Gasteiger charge is -2.21. The van der Waals surface area contributed by atoms with Crippen molar-refractivity contribution in [1.82, 2.24) is 14.7 Å². The molecule has 0 aliphatic carbocycles. The zero-order valence-electron chi connectivity index (χ0n) is 17.7. The van der Waals surface area contributed by atoms with Crippen LogP contribution >= 0.6 is 11.6 Å². The summed E-state index contributed by atoms with van der Waals surface area (Å²) < 4.78 is 25.3. The standard InChI is InChI=1S/C24H24ClN3O3S/c1-27(21-13-14-32(30,31)17-21)23(29)12-11-20-16-28(15-19-9-5-6-10-22(19)25)26-24(20)18-7-3-2-4-8-18/h2-12,16,21H,13-15,17H2,1H3/b12-11+/t21-/m0/s1. The zero-order valence-corrected chi connectivity index (χ0v) is 19.3. The van der Waals surface area contributed by atoms with Gasteiger partial charge in [0.1, 0.15) is 0 Å². The number of amides is 1. The first-order valence-electron chi connectivity index (χ1n) is 10.3. The van der Waals surface area contributed by atoms with E-state index in [0.717, 1.165) is 22.4 Å². The molecule has 2 aromatic carbocycles. The molecule has 1 atom stereocenters. The lowest BCUT2D eigenvalue weighted by Crippen LogP contribution is -2.36. The third-order valence-electron chi connectivity index (χ3n) is 5.64. The van der Waals surface area contributed by atoms with E-state index < -0.39 is 9.84 Å². The fourth-order valence-electron chi connectivity index (χ4n) is 3.80. The first kappa shape index (κ1) is 22.3. The van der Waals surface area contributed by atoms with Gasteiger partial charge in [-0.1, -0.05) is 60.1 Å². The Morgan fingerprint density at radius 1 is 1.19 bits per heavy atom. The van der Waals surface area contributed by atoms with Crippen molar-refractivity contribution in [1.29, 1.82) is 0 Å². The number of sulfone groups is 1. The third-order valence-corrected chi connectivity index (χ3v) is 7.76. The monoisotopic (exact) mass is 469 g/mol. The molecule has 0 spiro atoms. The summed E-state index contributed by atoms with van der Waals surface area (Å²) in [5.74, 6) is -0.0787. The Labute approximate surface area is 193 Å². The number of hydrogen-bond acceptors (Lipinski definition) is 4. The maximum atomic E-state index is 12.7. The van der Waals surface area contributed by atoms with Crippen molar-refractivity contribution in [3.63, 3.8) is 0 Å². The average molecular weight is 470 g/mol. The summed E-state index contributed by atoms with van der Waals surface area (Å²) in [7, 11) is -1.41. The van der Waals surface area contributed by atoms with Gasteiger partial charge in [-0.3, -0.25) is 9.48 Å². The van der Waals surface area contributed by atoms with Crippen LogP contribution in [0.3, 0.4) is 0 Å². The number of benzene rings is 2. The molecule has 32 heavy (non-hydrogen) atoms. The van der Waals surface area contributed by atoms with Crippen molar-refractivity contribution in [3.05, 3.63) is 83.0 Å². The molecule has 1 aromatic heterocycles. The summed E-state index contributed by atoms with van der Waals surface area (Å²) in [5.41, 5.74) is 3.44. The Hall–Kier alpha value is -2.90. The number of halogens is 1. The van der Waals surface area contributed by atoms with Crippen LogP contribution in [-0.4, -0.2) is 53.6 Å². The Morgan fingerprint density at radius 3 is 2.59 bits per heavy atom. The first-order valence-corrected chi connectivity index (χ1v) is 12.5. The Morgan fingerprint density at radius 2 is 1.91 bits per heavy atom. The number of hydrogen-bond donors (Lipinski definition) is 0. The third kappa shape index (κ3) is 5.11. The number of carbonyl (C=O) groups excluding carboxylic acids is 1. The highest BCUT2D eigenvalue weighted by molar-refractivity contribution is 7.91. The fraction of sp³-hybridized carbons (Fsp3) is 0.250. The van der Waals surface area contributed by atoms with Gasteiger partial charge in [0.2, 0.25) is 5.91 Å². The van der Waals surface area contributed by atoms with E-state index in [0.29, 0.717) is 18.0 Å². The van der Waals surface area contributed by atoms with Crippen molar-refractivity contribution in [2.45, 2.75) is 19.0 Å². The lowest BCUT2D eigenvalue weighted by molar-refractivity contribution is -0.126. The van der Waals surface area contributed by atoms with Gasteiger partial charge in [0, 0.05) is 41.5 Å². The Bertz CT molecular complexity index is 1250. The van der Waals surface area contributed by atoms with Crippen LogP contribution in [-0.2, 0) is 21.2 Å². The van der Waals surface area contributed by atoms with Crippen LogP contribution < -0.4 is 0 Å². The van der Waals surface area contributed by atoms with E-state index in [2.05, 4.69) is 0 Å². The highest BCUT2D eigenvalue weighted by Crippen LogP contribution is 2.25. The van der Waals surface area contributed by atoms with Crippen molar-refractivity contribution >= 4 is 33.4 Å². The molecule has 0 bridgehead atoms. The van der Waals surface area contributed by atoms with Gasteiger partial charge in [-0.15, -0.1) is 0 Å². The topological polar surface area (TPSA) is 72.3 Å². The van der Waals surface area contributed by atoms with Gasteiger partial charge in [0.05, 0.1) is 23.7 Å². The number of aromatic nitrogens is 2. The molecule has 1 aliphatic rings. The minimum atomic E-state index is -3.06. The molecule has 0 N–H and O–H groups in total. The molecule has 0 saturated carbocycles. The van der Waals surface area contributed by atoms with Crippen LogP contribution in [0, 0.1) is 0 Å². The molecular formula is C24H24ClN3O3S. The molecule has 1 amide bonds. The van der Waals surface area contributed by atoms with Crippen molar-refractivity contribution in [3.8, 4) is 11.3 Å². The van der Waals surface area contributed by atoms with Gasteiger partial charge in [0.15, 0.2) is 9.84 Å². The van der Waals surface area contributed by atoms with Crippen molar-refractivity contribution in [2.24, 2.45) is 0 Å². The van der Waals surface area contributed by atoms with Crippen LogP contribution in [0.25, 0.3) is 17.3 Å². The molecule has 3 aromatic rings. The largest absolute Gasteiger partial charge is 0.338 e. The fourth-order valence-corrected chi connectivity index (χ4v) is 5.77. The van der Waals surface area contributed by atoms with E-state index in [4.69, 9.17) is 16.7 Å². The normalized spacial score (nSPS) is 17.6. The Balaban J connectivity index is 1.59. The van der Waals surface area contributed by atoms with Crippen LogP contribution in [0.1, 0.15) is 17.5 Å². The van der Waals surface area contributed by atoms with Gasteiger partial charge in [-0.2, -0.15) is 5.10 Å². The van der Waals surface area contributed by atoms with Gasteiger partial charge in [-0.25, -0.2) is 8.42 Å². The summed E-state index contributed by atoms with van der Waals surface area (Å²) in [6, 6.07) is 17.1. The highest BCUT2D eigenvalue weighted by atomic mass is 35.5. The van der Waals surface area contributed by atoms with E-state index in [1.807, 2.05) is 60.8 Å². The summed E-state index contributed by atoms with van der Waals surface area (Å²) in [4.78, 5) is 14.2. The average Bonchev–Trinajstić information content (AvgIpc) is 3.36. The summed E-state index contributed by atoms with van der Waals surface area (Å²) >= 11 is 6.31. The molecule has 1 saturated heterocycles. The predicted octanol–water partition coefficient (Wildman–Crippen LogP) is 3.91. The molecule has 1 fully saturated rings. The maximum Gasteiger partial charge on any atom is 0.246 e. The molecule has 4 rings (SSSR count). The van der Waals surface area contributed by atoms with E-state index in [1.165, 1.54) is 11.0 Å². The molecule has 1 aliphatic heterocycles. The van der Waals surface area contributed by atoms with Crippen LogP contribution in [0.5, 0.6) is 0 Å². The zero-order chi connectivity index (χ0) is 22.7. The highest BCUT2D eigenvalue weighted by Gasteiger charge is 2.32. The summed E-state index contributed by atoms with van der Waals surface area (Å²) in [6.07, 6.45) is 5.58. The second kappa shape index (κ2) is 9.30. The lowest BCUT2D eigenvalue weighted by atomic mass is 10.1. The number of rotatable bonds is 6. The molecular weight excluding hydrogens is 446 g/mol. The Kier molecular flexibility index (Phi) is 6.48. The quantitative estimate of drug-likeness (QED) is 0.513. The summed E-state index contributed by atoms with van der Waals surface area (Å²) in [5, 5.41) is 5.41. The second-order valence-corrected chi connectivity index (χ2v) is 10.6. The van der Waals surface area contributed by atoms with E-state index in [1.54, 1.807) is 17.8 Å². The number of carbonyl (C=O) groups is 1. The number of nitrogens with zero attached hydrogens (tertiary/aromatic N) is 3. The van der Waals surface area contributed by atoms with Gasteiger partial charge >= 0.3 is 0 Å². The molecule has 6 nitrogen and oxygen atoms in total. The molecule has 8 heteroatoms. The van der Waals surface area contributed by atoms with Crippen LogP contribution in [0.15, 0.2) is 66.9 Å². The minimum Gasteiger partial charge on any atom is -0.338 e. The smallest absolute Gasteiger partial charge is 0.246 e. The van der Waals surface area contributed by atoms with E-state index in [-0.39, 0.29) is 23.5 Å². The van der Waals surface area contributed by atoms with Gasteiger partial charge in [-0.05, 0) is 24.1 Å². The van der Waals surface area contributed by atoms with Gasteiger partial charge in [0.25, 0.3) is 0 Å². The first-order chi connectivity index (χ1) is 15.3. The van der Waals surface area contributed by atoms with Crippen molar-refractivity contribution < 1.29 is 13.2 Å². The van der Waals surface area contributed by atoms with Crippen LogP contribution in [0.2, 0.25) is 5.02 Å². The maximum absolute atomic E-state index is 12.7. The second-order valence-electron chi connectivity index (χ2n) is 7.93. The molecule has 0 radical (unpaired) electrons. The molecule has 0 unspecified atom stereocenters. The molecule has 166 valence electrons. The minimum absolute atomic E-state index is 0.0219. The number of likely N-dealkylation sites (N-methyl/N-ethyl adjacent to an activating group) is 1. The van der Waals surface area contributed by atoms with Crippen molar-refractivity contribution in [2.75, 3.05) is 18.6 Å². The predicted molar refractivity (Wildman–Crippen MR) is 127 cm³/mol. The summed E-state index contributed by atoms with van der Waals surface area (Å²) in [6.45, 7) is 0.501. The molecule has 2 heterocycles. The SMILES string of the molecule is CN(C(=O)/C=C/c1cn(Cc2ccccc2Cl)nc1-c1ccccc1)[C@H]1CCS(=O)(=O)C1. The van der Waals surface area contributed by atoms with E-state index in [9.17, 15) is 13.2 Å².